The van der Waals surface area contributed by atoms with Crippen molar-refractivity contribution in [3.63, 3.8) is 0 Å². The molecule has 1 aromatic rings. The summed E-state index contributed by atoms with van der Waals surface area (Å²) in [6, 6.07) is 3.98. The van der Waals surface area contributed by atoms with Crippen molar-refractivity contribution in [1.29, 1.82) is 0 Å². The van der Waals surface area contributed by atoms with Gasteiger partial charge in [-0.1, -0.05) is 6.07 Å². The number of esters is 1. The fraction of sp³-hybridized carbons (Fsp3) is 0.704. The van der Waals surface area contributed by atoms with Gasteiger partial charge in [0.2, 0.25) is 11.8 Å². The van der Waals surface area contributed by atoms with Crippen LogP contribution in [-0.4, -0.2) is 66.0 Å². The van der Waals surface area contributed by atoms with Crippen LogP contribution in [-0.2, 0) is 19.1 Å². The van der Waals surface area contributed by atoms with Crippen LogP contribution in [0.15, 0.2) is 18.3 Å². The van der Waals surface area contributed by atoms with Gasteiger partial charge in [-0.2, -0.15) is 0 Å². The third-order valence-corrected chi connectivity index (χ3v) is 7.72. The maximum Gasteiger partial charge on any atom is 0.312 e. The Hall–Kier alpha value is -2.48. The standard InChI is InChI=1S/C27H40N4O4/c1-26(2,3)35-25(34)27(4)11-15-30(16-12-27)18-19-9-13-31(14-10-19)22-7-5-20(17-28-22)21-6-8-23(32)29-24(21)33/h5,7,17,19,21H,6,8-16,18H2,1-4H3,(H,29,32,33). The first-order valence-corrected chi connectivity index (χ1v) is 13.0. The summed E-state index contributed by atoms with van der Waals surface area (Å²) >= 11 is 0. The number of nitrogens with zero attached hydrogens (tertiary/aromatic N) is 3. The molecule has 0 bridgehead atoms. The predicted molar refractivity (Wildman–Crippen MR) is 134 cm³/mol. The molecule has 8 heteroatoms. The van der Waals surface area contributed by atoms with Crippen molar-refractivity contribution in [2.45, 2.75) is 77.7 Å². The molecule has 3 fully saturated rings. The molecule has 1 N–H and O–H groups in total. The van der Waals surface area contributed by atoms with Crippen molar-refractivity contribution in [3.8, 4) is 0 Å². The van der Waals surface area contributed by atoms with Gasteiger partial charge in [-0.25, -0.2) is 4.98 Å². The highest BCUT2D eigenvalue weighted by molar-refractivity contribution is 6.00. The molecule has 4 heterocycles. The molecule has 0 aromatic carbocycles. The molecule has 35 heavy (non-hydrogen) atoms. The van der Waals surface area contributed by atoms with Crippen molar-refractivity contribution in [2.24, 2.45) is 11.3 Å². The van der Waals surface area contributed by atoms with Crippen LogP contribution in [0.25, 0.3) is 0 Å². The Labute approximate surface area is 208 Å². The van der Waals surface area contributed by atoms with E-state index in [1.165, 1.54) is 0 Å². The molecule has 1 atom stereocenters. The lowest BCUT2D eigenvalue weighted by Crippen LogP contribution is -2.47. The minimum atomic E-state index is -0.439. The highest BCUT2D eigenvalue weighted by atomic mass is 16.6. The number of anilines is 1. The Balaban J connectivity index is 1.22. The number of piperidine rings is 3. The zero-order valence-electron chi connectivity index (χ0n) is 21.6. The number of likely N-dealkylation sites (tertiary alicyclic amines) is 1. The normalized spacial score (nSPS) is 24.2. The monoisotopic (exact) mass is 484 g/mol. The zero-order valence-corrected chi connectivity index (χ0v) is 21.6. The summed E-state index contributed by atoms with van der Waals surface area (Å²) in [5, 5.41) is 2.42. The van der Waals surface area contributed by atoms with Gasteiger partial charge >= 0.3 is 5.97 Å². The number of imide groups is 1. The molecule has 0 spiro atoms. The number of amides is 2. The van der Waals surface area contributed by atoms with Gasteiger partial charge in [0.05, 0.1) is 11.3 Å². The second-order valence-electron chi connectivity index (χ2n) is 11.7. The van der Waals surface area contributed by atoms with Gasteiger partial charge in [-0.05, 0) is 90.4 Å². The average Bonchev–Trinajstić information content (AvgIpc) is 2.80. The van der Waals surface area contributed by atoms with Gasteiger partial charge in [-0.3, -0.25) is 19.7 Å². The molecule has 192 valence electrons. The van der Waals surface area contributed by atoms with Crippen molar-refractivity contribution in [3.05, 3.63) is 23.9 Å². The zero-order chi connectivity index (χ0) is 25.2. The van der Waals surface area contributed by atoms with Gasteiger partial charge < -0.3 is 14.5 Å². The maximum absolute atomic E-state index is 12.7. The molecule has 1 unspecified atom stereocenters. The second-order valence-corrected chi connectivity index (χ2v) is 11.7. The lowest BCUT2D eigenvalue weighted by molar-refractivity contribution is -0.169. The van der Waals surface area contributed by atoms with E-state index in [0.717, 1.165) is 69.8 Å². The third-order valence-electron chi connectivity index (χ3n) is 7.72. The Morgan fingerprint density at radius 2 is 1.80 bits per heavy atom. The SMILES string of the molecule is CC(C)(C)OC(=O)C1(C)CCN(CC2CCN(c3ccc(C4CCC(=O)NC4=O)cn3)CC2)CC1. The van der Waals surface area contributed by atoms with Crippen molar-refractivity contribution in [2.75, 3.05) is 37.6 Å². The van der Waals surface area contributed by atoms with Gasteiger partial charge in [0.25, 0.3) is 0 Å². The highest BCUT2D eigenvalue weighted by Crippen LogP contribution is 2.35. The van der Waals surface area contributed by atoms with Crippen LogP contribution < -0.4 is 10.2 Å². The fourth-order valence-corrected chi connectivity index (χ4v) is 5.35. The second kappa shape index (κ2) is 10.2. The predicted octanol–water partition coefficient (Wildman–Crippen LogP) is 3.26. The summed E-state index contributed by atoms with van der Waals surface area (Å²) in [6.45, 7) is 12.8. The first-order chi connectivity index (χ1) is 16.5. The Kier molecular flexibility index (Phi) is 7.50. The summed E-state index contributed by atoms with van der Waals surface area (Å²) < 4.78 is 5.67. The molecule has 0 aliphatic carbocycles. The van der Waals surface area contributed by atoms with Gasteiger partial charge in [0.15, 0.2) is 0 Å². The first-order valence-electron chi connectivity index (χ1n) is 13.0. The molecule has 3 aliphatic heterocycles. The quantitative estimate of drug-likeness (QED) is 0.507. The Morgan fingerprint density at radius 3 is 2.37 bits per heavy atom. The smallest absolute Gasteiger partial charge is 0.312 e. The summed E-state index contributed by atoms with van der Waals surface area (Å²) in [6.07, 6.45) is 6.66. The van der Waals surface area contributed by atoms with Crippen molar-refractivity contribution >= 4 is 23.6 Å². The lowest BCUT2D eigenvalue weighted by atomic mass is 9.80. The Bertz CT molecular complexity index is 923. The van der Waals surface area contributed by atoms with E-state index in [-0.39, 0.29) is 29.1 Å². The van der Waals surface area contributed by atoms with E-state index in [2.05, 4.69) is 27.0 Å². The van der Waals surface area contributed by atoms with Crippen LogP contribution in [0.1, 0.15) is 77.7 Å². The molecular weight excluding hydrogens is 444 g/mol. The van der Waals surface area contributed by atoms with E-state index < -0.39 is 5.60 Å². The van der Waals surface area contributed by atoms with Crippen molar-refractivity contribution in [1.82, 2.24) is 15.2 Å². The number of carbonyl (C=O) groups is 3. The summed E-state index contributed by atoms with van der Waals surface area (Å²) in [4.78, 5) is 45.6. The van der Waals surface area contributed by atoms with Crippen LogP contribution in [0.4, 0.5) is 5.82 Å². The molecule has 3 aliphatic rings. The van der Waals surface area contributed by atoms with E-state index >= 15 is 0 Å². The first kappa shape index (κ1) is 25.6. The minimum absolute atomic E-state index is 0.0610. The van der Waals surface area contributed by atoms with E-state index in [1.54, 1.807) is 6.20 Å². The van der Waals surface area contributed by atoms with Crippen LogP contribution in [0, 0.1) is 11.3 Å². The topological polar surface area (TPSA) is 91.8 Å². The molecule has 0 radical (unpaired) electrons. The molecule has 1 aromatic heterocycles. The van der Waals surface area contributed by atoms with E-state index in [0.29, 0.717) is 18.8 Å². The van der Waals surface area contributed by atoms with Crippen LogP contribution in [0.3, 0.4) is 0 Å². The van der Waals surface area contributed by atoms with E-state index in [1.807, 2.05) is 32.9 Å². The van der Waals surface area contributed by atoms with Gasteiger partial charge in [0.1, 0.15) is 11.4 Å². The number of aromatic nitrogens is 1. The molecule has 3 saturated heterocycles. The summed E-state index contributed by atoms with van der Waals surface area (Å²) in [5.74, 6) is 0.835. The number of pyridine rings is 1. The van der Waals surface area contributed by atoms with E-state index in [4.69, 9.17) is 4.74 Å². The molecular formula is C27H40N4O4. The number of ether oxygens (including phenoxy) is 1. The highest BCUT2D eigenvalue weighted by Gasteiger charge is 2.40. The average molecular weight is 485 g/mol. The molecule has 8 nitrogen and oxygen atoms in total. The molecule has 2 amide bonds. The summed E-state index contributed by atoms with van der Waals surface area (Å²) in [5.41, 5.74) is 0.0570. The number of hydrogen-bond acceptors (Lipinski definition) is 7. The minimum Gasteiger partial charge on any atom is -0.460 e. The number of rotatable bonds is 5. The van der Waals surface area contributed by atoms with Crippen LogP contribution in [0.5, 0.6) is 0 Å². The number of nitrogens with one attached hydrogen (secondary N) is 1. The Morgan fingerprint density at radius 1 is 1.11 bits per heavy atom. The van der Waals surface area contributed by atoms with Crippen LogP contribution in [0.2, 0.25) is 0 Å². The van der Waals surface area contributed by atoms with Crippen molar-refractivity contribution < 1.29 is 19.1 Å². The summed E-state index contributed by atoms with van der Waals surface area (Å²) in [7, 11) is 0. The van der Waals surface area contributed by atoms with Gasteiger partial charge in [0, 0.05) is 32.3 Å². The van der Waals surface area contributed by atoms with Gasteiger partial charge in [-0.15, -0.1) is 0 Å². The molecule has 4 rings (SSSR count). The number of hydrogen-bond donors (Lipinski definition) is 1. The van der Waals surface area contributed by atoms with E-state index in [9.17, 15) is 14.4 Å². The number of carbonyl (C=O) groups excluding carboxylic acids is 3. The third kappa shape index (κ3) is 6.40. The molecule has 0 saturated carbocycles. The fourth-order valence-electron chi connectivity index (χ4n) is 5.35. The van der Waals surface area contributed by atoms with Crippen LogP contribution >= 0.6 is 0 Å². The lowest BCUT2D eigenvalue weighted by Gasteiger charge is -2.41. The maximum atomic E-state index is 12.7. The largest absolute Gasteiger partial charge is 0.460 e.